The first kappa shape index (κ1) is 11.2. The molecule has 0 N–H and O–H groups in total. The van der Waals surface area contributed by atoms with Crippen LogP contribution in [-0.2, 0) is 18.1 Å². The molecular weight excluding hydrogens is 191 g/mol. The van der Waals surface area contributed by atoms with Crippen molar-refractivity contribution in [3.8, 4) is 0 Å². The number of rotatable bonds is 2. The normalized spacial score (nSPS) is 36.2. The zero-order chi connectivity index (χ0) is 9.90. The van der Waals surface area contributed by atoms with Crippen LogP contribution in [0.5, 0.6) is 0 Å². The Morgan fingerprint density at radius 2 is 2.15 bits per heavy atom. The summed E-state index contributed by atoms with van der Waals surface area (Å²) in [6.07, 6.45) is 0.727. The molecule has 0 spiro atoms. The van der Waals surface area contributed by atoms with Gasteiger partial charge in [-0.15, -0.1) is 0 Å². The molecule has 1 rings (SSSR count). The van der Waals surface area contributed by atoms with Crippen LogP contribution in [0, 0.1) is 5.92 Å². The highest BCUT2D eigenvalue weighted by atomic mass is 31.2. The van der Waals surface area contributed by atoms with Gasteiger partial charge in [0.25, 0.3) is 0 Å². The van der Waals surface area contributed by atoms with Crippen molar-refractivity contribution in [2.24, 2.45) is 5.92 Å². The zero-order valence-electron chi connectivity index (χ0n) is 8.36. The van der Waals surface area contributed by atoms with Crippen LogP contribution >= 0.6 is 7.82 Å². The van der Waals surface area contributed by atoms with Crippen LogP contribution in [0.4, 0.5) is 0 Å². The van der Waals surface area contributed by atoms with E-state index in [1.807, 2.05) is 6.92 Å². The Morgan fingerprint density at radius 3 is 2.77 bits per heavy atom. The molecule has 1 fully saturated rings. The van der Waals surface area contributed by atoms with E-state index in [4.69, 9.17) is 13.6 Å². The molecule has 0 bridgehead atoms. The summed E-state index contributed by atoms with van der Waals surface area (Å²) in [6.45, 7) is 6.55. The predicted octanol–water partition coefficient (Wildman–Crippen LogP) is 2.59. The van der Waals surface area contributed by atoms with Crippen molar-refractivity contribution in [3.05, 3.63) is 0 Å². The molecule has 1 aliphatic rings. The first-order chi connectivity index (χ1) is 6.02. The molecule has 5 heteroatoms. The molecule has 0 aromatic carbocycles. The highest BCUT2D eigenvalue weighted by Gasteiger charge is 2.31. The molecule has 4 nitrogen and oxygen atoms in total. The van der Waals surface area contributed by atoms with E-state index < -0.39 is 7.82 Å². The van der Waals surface area contributed by atoms with Crippen molar-refractivity contribution in [2.75, 3.05) is 13.2 Å². The molecule has 1 aliphatic heterocycles. The summed E-state index contributed by atoms with van der Waals surface area (Å²) in [5, 5.41) is 0. The molecule has 1 heterocycles. The first-order valence-corrected chi connectivity index (χ1v) is 6.05. The van der Waals surface area contributed by atoms with Crippen molar-refractivity contribution < 1.29 is 18.1 Å². The summed E-state index contributed by atoms with van der Waals surface area (Å²) in [4.78, 5) is 0. The molecule has 2 unspecified atom stereocenters. The summed E-state index contributed by atoms with van der Waals surface area (Å²) in [7, 11) is -3.25. The lowest BCUT2D eigenvalue weighted by molar-refractivity contribution is 0.104. The molecule has 0 saturated carbocycles. The third kappa shape index (κ3) is 3.77. The van der Waals surface area contributed by atoms with Crippen LogP contribution < -0.4 is 0 Å². The SMILES string of the molecule is CC1CCOP(=O)(OC(C)C)OC1. The van der Waals surface area contributed by atoms with Gasteiger partial charge in [0.15, 0.2) is 0 Å². The second kappa shape index (κ2) is 4.56. The minimum absolute atomic E-state index is 0.140. The molecule has 0 aliphatic carbocycles. The molecule has 13 heavy (non-hydrogen) atoms. The minimum Gasteiger partial charge on any atom is -0.287 e. The molecule has 0 radical (unpaired) electrons. The minimum atomic E-state index is -3.25. The number of hydrogen-bond donors (Lipinski definition) is 0. The Hall–Kier alpha value is 0.110. The fourth-order valence-corrected chi connectivity index (χ4v) is 2.50. The van der Waals surface area contributed by atoms with E-state index in [1.54, 1.807) is 13.8 Å². The maximum absolute atomic E-state index is 11.7. The van der Waals surface area contributed by atoms with E-state index in [0.29, 0.717) is 19.1 Å². The molecule has 1 saturated heterocycles. The third-order valence-electron chi connectivity index (χ3n) is 1.72. The zero-order valence-corrected chi connectivity index (χ0v) is 9.25. The van der Waals surface area contributed by atoms with Gasteiger partial charge in [-0.3, -0.25) is 13.6 Å². The number of hydrogen-bond acceptors (Lipinski definition) is 4. The van der Waals surface area contributed by atoms with Crippen molar-refractivity contribution in [2.45, 2.75) is 33.3 Å². The Labute approximate surface area is 79.2 Å². The molecule has 0 aromatic heterocycles. The third-order valence-corrected chi connectivity index (χ3v) is 3.36. The summed E-state index contributed by atoms with van der Waals surface area (Å²) < 4.78 is 27.1. The standard InChI is InChI=1S/C8H17O4P/c1-7(2)12-13(9)10-5-4-8(3)6-11-13/h7-8H,4-6H2,1-3H3. The molecule has 0 aromatic rings. The second-order valence-electron chi connectivity index (χ2n) is 3.62. The lowest BCUT2D eigenvalue weighted by Crippen LogP contribution is -2.05. The number of phosphoric acid groups is 1. The molecular formula is C8H17O4P. The maximum atomic E-state index is 11.7. The molecule has 0 amide bonds. The first-order valence-electron chi connectivity index (χ1n) is 4.59. The van der Waals surface area contributed by atoms with Gasteiger partial charge in [0, 0.05) is 0 Å². The van der Waals surface area contributed by atoms with Gasteiger partial charge in [0.2, 0.25) is 0 Å². The lowest BCUT2D eigenvalue weighted by Gasteiger charge is -2.17. The topological polar surface area (TPSA) is 44.8 Å². The van der Waals surface area contributed by atoms with Crippen molar-refractivity contribution >= 4 is 7.82 Å². The van der Waals surface area contributed by atoms with Gasteiger partial charge in [-0.1, -0.05) is 6.92 Å². The van der Waals surface area contributed by atoms with Gasteiger partial charge in [0.1, 0.15) is 0 Å². The van der Waals surface area contributed by atoms with Gasteiger partial charge in [-0.25, -0.2) is 4.57 Å². The monoisotopic (exact) mass is 208 g/mol. The van der Waals surface area contributed by atoms with Crippen molar-refractivity contribution in [1.29, 1.82) is 0 Å². The van der Waals surface area contributed by atoms with Crippen LogP contribution in [0.15, 0.2) is 0 Å². The average Bonchev–Trinajstić information content (AvgIpc) is 2.12. The molecule has 78 valence electrons. The van der Waals surface area contributed by atoms with Crippen LogP contribution in [0.3, 0.4) is 0 Å². The van der Waals surface area contributed by atoms with Gasteiger partial charge in [0.05, 0.1) is 19.3 Å². The fourth-order valence-electron chi connectivity index (χ4n) is 1.02. The summed E-state index contributed by atoms with van der Waals surface area (Å²) in [6, 6.07) is 0. The largest absolute Gasteiger partial charge is 0.475 e. The smallest absolute Gasteiger partial charge is 0.287 e. The van der Waals surface area contributed by atoms with Crippen molar-refractivity contribution in [1.82, 2.24) is 0 Å². The fraction of sp³-hybridized carbons (Fsp3) is 1.00. The Kier molecular flexibility index (Phi) is 3.92. The Bertz CT molecular complexity index is 204. The Morgan fingerprint density at radius 1 is 1.46 bits per heavy atom. The number of phosphoric ester groups is 1. The van der Waals surface area contributed by atoms with E-state index >= 15 is 0 Å². The van der Waals surface area contributed by atoms with Crippen LogP contribution in [-0.4, -0.2) is 19.3 Å². The average molecular weight is 208 g/mol. The van der Waals surface area contributed by atoms with Gasteiger partial charge >= 0.3 is 7.82 Å². The van der Waals surface area contributed by atoms with E-state index in [9.17, 15) is 4.57 Å². The van der Waals surface area contributed by atoms with Crippen LogP contribution in [0.25, 0.3) is 0 Å². The molecule has 2 atom stereocenters. The van der Waals surface area contributed by atoms with E-state index in [1.165, 1.54) is 0 Å². The van der Waals surface area contributed by atoms with Crippen LogP contribution in [0.1, 0.15) is 27.2 Å². The quantitative estimate of drug-likeness (QED) is 0.654. The maximum Gasteiger partial charge on any atom is 0.475 e. The lowest BCUT2D eigenvalue weighted by atomic mass is 10.1. The van der Waals surface area contributed by atoms with E-state index in [2.05, 4.69) is 0 Å². The van der Waals surface area contributed by atoms with Crippen LogP contribution in [0.2, 0.25) is 0 Å². The van der Waals surface area contributed by atoms with Gasteiger partial charge in [-0.2, -0.15) is 0 Å². The Balaban J connectivity index is 2.52. The summed E-state index contributed by atoms with van der Waals surface area (Å²) in [5.41, 5.74) is 0. The predicted molar refractivity (Wildman–Crippen MR) is 49.5 cm³/mol. The second-order valence-corrected chi connectivity index (χ2v) is 5.25. The van der Waals surface area contributed by atoms with Crippen molar-refractivity contribution in [3.63, 3.8) is 0 Å². The summed E-state index contributed by atoms with van der Waals surface area (Å²) in [5.74, 6) is 0.381. The van der Waals surface area contributed by atoms with E-state index in [-0.39, 0.29) is 6.10 Å². The summed E-state index contributed by atoms with van der Waals surface area (Å²) >= 11 is 0. The highest BCUT2D eigenvalue weighted by Crippen LogP contribution is 2.52. The van der Waals surface area contributed by atoms with Gasteiger partial charge < -0.3 is 0 Å². The van der Waals surface area contributed by atoms with E-state index in [0.717, 1.165) is 6.42 Å². The highest BCUT2D eigenvalue weighted by molar-refractivity contribution is 7.48. The van der Waals surface area contributed by atoms with Gasteiger partial charge in [-0.05, 0) is 26.2 Å².